The number of hydrogen-bond donors (Lipinski definition) is 0. The lowest BCUT2D eigenvalue weighted by Crippen LogP contribution is -2.71. The molecule has 2 heteroatoms. The lowest BCUT2D eigenvalue weighted by Gasteiger charge is -2.60. The molecule has 4 aliphatic rings. The van der Waals surface area contributed by atoms with Gasteiger partial charge in [-0.3, -0.25) is 9.80 Å². The first-order chi connectivity index (χ1) is 9.06. The number of piperidine rings is 1. The van der Waals surface area contributed by atoms with E-state index in [-0.39, 0.29) is 0 Å². The molecule has 4 rings (SSSR count). The van der Waals surface area contributed by atoms with E-state index in [0.717, 1.165) is 36.0 Å². The monoisotopic (exact) mass is 264 g/mol. The Morgan fingerprint density at radius 3 is 1.84 bits per heavy atom. The molecule has 2 bridgehead atoms. The summed E-state index contributed by atoms with van der Waals surface area (Å²) in [6.07, 6.45) is 7.34. The molecule has 1 saturated carbocycles. The third-order valence-corrected chi connectivity index (χ3v) is 6.07. The second-order valence-electron chi connectivity index (χ2n) is 7.85. The van der Waals surface area contributed by atoms with Crippen molar-refractivity contribution in [2.45, 2.75) is 84.0 Å². The summed E-state index contributed by atoms with van der Waals surface area (Å²) in [7, 11) is 0. The Balaban J connectivity index is 1.51. The SMILES string of the molecule is CC(C)C1CCC(N2CC3CC(C2)N3C(C)C)CC1. The Morgan fingerprint density at radius 1 is 0.789 bits per heavy atom. The second-order valence-corrected chi connectivity index (χ2v) is 7.85. The molecular formula is C17H32N2. The van der Waals surface area contributed by atoms with Crippen molar-refractivity contribution in [1.82, 2.24) is 9.80 Å². The van der Waals surface area contributed by atoms with Crippen LogP contribution >= 0.6 is 0 Å². The summed E-state index contributed by atoms with van der Waals surface area (Å²) >= 11 is 0. The van der Waals surface area contributed by atoms with Crippen molar-refractivity contribution >= 4 is 0 Å². The molecule has 2 unspecified atom stereocenters. The largest absolute Gasteiger partial charge is 0.297 e. The minimum atomic E-state index is 0.752. The van der Waals surface area contributed by atoms with Crippen LogP contribution in [0.5, 0.6) is 0 Å². The van der Waals surface area contributed by atoms with E-state index >= 15 is 0 Å². The van der Waals surface area contributed by atoms with Gasteiger partial charge in [-0.25, -0.2) is 0 Å². The Kier molecular flexibility index (Phi) is 3.92. The first kappa shape index (κ1) is 13.9. The molecule has 0 aromatic heterocycles. The van der Waals surface area contributed by atoms with E-state index in [0.29, 0.717) is 0 Å². The number of fused-ring (bicyclic) bond motifs is 2. The van der Waals surface area contributed by atoms with Gasteiger partial charge in [0.25, 0.3) is 0 Å². The van der Waals surface area contributed by atoms with Crippen molar-refractivity contribution in [3.63, 3.8) is 0 Å². The molecule has 0 aromatic carbocycles. The van der Waals surface area contributed by atoms with E-state index < -0.39 is 0 Å². The molecule has 0 radical (unpaired) electrons. The molecule has 0 spiro atoms. The molecule has 110 valence electrons. The number of hydrogen-bond acceptors (Lipinski definition) is 2. The summed E-state index contributed by atoms with van der Waals surface area (Å²) in [6, 6.07) is 3.42. The molecule has 2 atom stereocenters. The molecule has 3 heterocycles. The zero-order valence-electron chi connectivity index (χ0n) is 13.3. The third kappa shape index (κ3) is 2.58. The molecule has 2 nitrogen and oxygen atoms in total. The van der Waals surface area contributed by atoms with Crippen LogP contribution in [0.4, 0.5) is 0 Å². The zero-order valence-corrected chi connectivity index (χ0v) is 13.3. The van der Waals surface area contributed by atoms with Gasteiger partial charge in [0.05, 0.1) is 0 Å². The average Bonchev–Trinajstić information content (AvgIpc) is 2.38. The van der Waals surface area contributed by atoms with Crippen molar-refractivity contribution in [3.05, 3.63) is 0 Å². The summed E-state index contributed by atoms with van der Waals surface area (Å²) < 4.78 is 0. The van der Waals surface area contributed by atoms with Crippen LogP contribution in [-0.4, -0.2) is 47.1 Å². The highest BCUT2D eigenvalue weighted by Crippen LogP contribution is 2.38. The van der Waals surface area contributed by atoms with Crippen LogP contribution < -0.4 is 0 Å². The van der Waals surface area contributed by atoms with Gasteiger partial charge in [-0.1, -0.05) is 13.8 Å². The molecule has 19 heavy (non-hydrogen) atoms. The first-order valence-electron chi connectivity index (χ1n) is 8.57. The summed E-state index contributed by atoms with van der Waals surface area (Å²) in [5.41, 5.74) is 0. The maximum Gasteiger partial charge on any atom is 0.0244 e. The minimum Gasteiger partial charge on any atom is -0.297 e. The number of nitrogens with zero attached hydrogens (tertiary/aromatic N) is 2. The highest BCUT2D eigenvalue weighted by molar-refractivity contribution is 5.03. The van der Waals surface area contributed by atoms with Gasteiger partial charge in [0.2, 0.25) is 0 Å². The van der Waals surface area contributed by atoms with E-state index in [1.807, 2.05) is 0 Å². The fourth-order valence-corrected chi connectivity index (χ4v) is 4.95. The zero-order chi connectivity index (χ0) is 13.6. The highest BCUT2D eigenvalue weighted by Gasteiger charge is 2.47. The van der Waals surface area contributed by atoms with Crippen LogP contribution in [0.3, 0.4) is 0 Å². The predicted octanol–water partition coefficient (Wildman–Crippen LogP) is 3.37. The molecule has 3 saturated heterocycles. The van der Waals surface area contributed by atoms with Crippen LogP contribution in [0, 0.1) is 11.8 Å². The van der Waals surface area contributed by atoms with E-state index in [4.69, 9.17) is 0 Å². The highest BCUT2D eigenvalue weighted by atomic mass is 15.4. The number of rotatable bonds is 3. The van der Waals surface area contributed by atoms with Crippen LogP contribution in [0.1, 0.15) is 59.8 Å². The van der Waals surface area contributed by atoms with Crippen molar-refractivity contribution in [1.29, 1.82) is 0 Å². The van der Waals surface area contributed by atoms with Crippen molar-refractivity contribution < 1.29 is 0 Å². The van der Waals surface area contributed by atoms with Gasteiger partial charge in [0.1, 0.15) is 0 Å². The standard InChI is InChI=1S/C17H32N2/c1-12(2)14-5-7-15(8-6-14)18-10-16-9-17(11-18)19(16)13(3)4/h12-17H,5-11H2,1-4H3. The van der Waals surface area contributed by atoms with Crippen LogP contribution in [0.25, 0.3) is 0 Å². The van der Waals surface area contributed by atoms with Crippen molar-refractivity contribution in [2.75, 3.05) is 13.1 Å². The van der Waals surface area contributed by atoms with Gasteiger partial charge in [0, 0.05) is 37.3 Å². The minimum absolute atomic E-state index is 0.752. The molecule has 0 N–H and O–H groups in total. The fourth-order valence-electron chi connectivity index (χ4n) is 4.95. The lowest BCUT2D eigenvalue weighted by atomic mass is 9.77. The maximum atomic E-state index is 2.84. The fraction of sp³-hybridized carbons (Fsp3) is 1.00. The average molecular weight is 264 g/mol. The van der Waals surface area contributed by atoms with Gasteiger partial charge < -0.3 is 0 Å². The Labute approximate surface area is 119 Å². The lowest BCUT2D eigenvalue weighted by molar-refractivity contribution is -0.104. The summed E-state index contributed by atoms with van der Waals surface area (Å²) in [5.74, 6) is 1.90. The van der Waals surface area contributed by atoms with Crippen LogP contribution in [0.15, 0.2) is 0 Å². The van der Waals surface area contributed by atoms with E-state index in [1.54, 1.807) is 0 Å². The molecule has 1 aliphatic carbocycles. The van der Waals surface area contributed by atoms with Crippen molar-refractivity contribution in [3.8, 4) is 0 Å². The van der Waals surface area contributed by atoms with Gasteiger partial charge >= 0.3 is 0 Å². The first-order valence-corrected chi connectivity index (χ1v) is 8.57. The van der Waals surface area contributed by atoms with Gasteiger partial charge in [-0.05, 0) is 57.8 Å². The molecule has 0 aromatic rings. The van der Waals surface area contributed by atoms with Crippen molar-refractivity contribution in [2.24, 2.45) is 11.8 Å². The molecular weight excluding hydrogens is 232 g/mol. The van der Waals surface area contributed by atoms with E-state index in [1.165, 1.54) is 45.2 Å². The second kappa shape index (κ2) is 5.37. The van der Waals surface area contributed by atoms with Gasteiger partial charge in [0.15, 0.2) is 0 Å². The predicted molar refractivity (Wildman–Crippen MR) is 81.3 cm³/mol. The van der Waals surface area contributed by atoms with Gasteiger partial charge in [-0.2, -0.15) is 0 Å². The summed E-state index contributed by atoms with van der Waals surface area (Å²) in [4.78, 5) is 5.60. The Hall–Kier alpha value is -0.0800. The van der Waals surface area contributed by atoms with E-state index in [9.17, 15) is 0 Å². The number of piperazine rings is 1. The molecule has 4 fully saturated rings. The normalized spacial score (nSPS) is 40.7. The van der Waals surface area contributed by atoms with Gasteiger partial charge in [-0.15, -0.1) is 0 Å². The smallest absolute Gasteiger partial charge is 0.0244 e. The quantitative estimate of drug-likeness (QED) is 0.771. The Morgan fingerprint density at radius 2 is 1.37 bits per heavy atom. The van der Waals surface area contributed by atoms with Crippen LogP contribution in [0.2, 0.25) is 0 Å². The molecule has 0 amide bonds. The van der Waals surface area contributed by atoms with Crippen LogP contribution in [-0.2, 0) is 0 Å². The molecule has 3 aliphatic heterocycles. The third-order valence-electron chi connectivity index (χ3n) is 6.07. The Bertz CT molecular complexity index is 292. The summed E-state index contributed by atoms with van der Waals surface area (Å²) in [6.45, 7) is 12.2. The topological polar surface area (TPSA) is 6.48 Å². The van der Waals surface area contributed by atoms with E-state index in [2.05, 4.69) is 37.5 Å². The maximum absolute atomic E-state index is 2.84. The summed E-state index contributed by atoms with van der Waals surface area (Å²) in [5, 5.41) is 0.